The molecule has 19 heavy (non-hydrogen) atoms. The Labute approximate surface area is 114 Å². The second kappa shape index (κ2) is 4.23. The minimum atomic E-state index is 0.259. The summed E-state index contributed by atoms with van der Waals surface area (Å²) in [6.07, 6.45) is 14.5. The van der Waals surface area contributed by atoms with Gasteiger partial charge in [-0.25, -0.2) is 4.99 Å². The van der Waals surface area contributed by atoms with Crippen molar-refractivity contribution in [2.75, 3.05) is 19.6 Å². The van der Waals surface area contributed by atoms with Crippen molar-refractivity contribution in [1.29, 1.82) is 0 Å². The first-order valence-corrected chi connectivity index (χ1v) is 7.24. The molecule has 100 valence electrons. The summed E-state index contributed by atoms with van der Waals surface area (Å²) in [6.45, 7) is 3.22. The molecule has 0 aromatic heterocycles. The fourth-order valence-corrected chi connectivity index (χ4v) is 3.36. The van der Waals surface area contributed by atoms with Gasteiger partial charge in [-0.3, -0.25) is 0 Å². The summed E-state index contributed by atoms with van der Waals surface area (Å²) in [6, 6.07) is 0.259. The quantitative estimate of drug-likeness (QED) is 0.739. The van der Waals surface area contributed by atoms with Crippen molar-refractivity contribution >= 4 is 5.71 Å². The lowest BCUT2D eigenvalue weighted by atomic mass is 9.75. The van der Waals surface area contributed by atoms with Gasteiger partial charge in [-0.1, -0.05) is 18.2 Å². The van der Waals surface area contributed by atoms with Crippen LogP contribution >= 0.6 is 0 Å². The monoisotopic (exact) mass is 256 g/mol. The minimum absolute atomic E-state index is 0.259. The molecule has 2 N–H and O–H groups in total. The Morgan fingerprint density at radius 3 is 3.11 bits per heavy atom. The first-order valence-electron chi connectivity index (χ1n) is 7.24. The lowest BCUT2D eigenvalue weighted by Crippen LogP contribution is -2.63. The van der Waals surface area contributed by atoms with E-state index in [9.17, 15) is 0 Å². The highest BCUT2D eigenvalue weighted by atomic mass is 15.3. The summed E-state index contributed by atoms with van der Waals surface area (Å²) in [5.74, 6) is 1.10. The molecule has 0 aromatic carbocycles. The standard InChI is InChI=1S/C15H20N4/c1-2-5-13-12(4-1)16-10-14(18-13)19-9-8-17-15(11-19)6-3-7-15/h1-2,4-5,10,12,16-17H,3,6-9,11H2. The molecule has 4 rings (SSSR count). The van der Waals surface area contributed by atoms with Gasteiger partial charge in [0.15, 0.2) is 0 Å². The Kier molecular flexibility index (Phi) is 2.52. The molecule has 0 aromatic rings. The largest absolute Gasteiger partial charge is 0.376 e. The molecule has 4 nitrogen and oxygen atoms in total. The molecule has 1 unspecified atom stereocenters. The Morgan fingerprint density at radius 1 is 1.32 bits per heavy atom. The fourth-order valence-electron chi connectivity index (χ4n) is 3.36. The van der Waals surface area contributed by atoms with Gasteiger partial charge < -0.3 is 15.5 Å². The zero-order chi connectivity index (χ0) is 12.7. The lowest BCUT2D eigenvalue weighted by Gasteiger charge is -2.50. The van der Waals surface area contributed by atoms with Crippen molar-refractivity contribution in [3.63, 3.8) is 0 Å². The first kappa shape index (κ1) is 11.3. The van der Waals surface area contributed by atoms with E-state index in [1.165, 1.54) is 19.3 Å². The number of nitrogens with zero attached hydrogens (tertiary/aromatic N) is 2. The SMILES string of the molecule is C1=CC2=NC(N3CCNC4(CCC4)C3)=CNC2C=C1. The topological polar surface area (TPSA) is 39.7 Å². The summed E-state index contributed by atoms with van der Waals surface area (Å²) in [7, 11) is 0. The smallest absolute Gasteiger partial charge is 0.144 e. The van der Waals surface area contributed by atoms with Crippen LogP contribution in [0, 0.1) is 0 Å². The predicted molar refractivity (Wildman–Crippen MR) is 76.9 cm³/mol. The third-order valence-corrected chi connectivity index (χ3v) is 4.65. The van der Waals surface area contributed by atoms with Gasteiger partial charge >= 0.3 is 0 Å². The van der Waals surface area contributed by atoms with Crippen LogP contribution in [0.25, 0.3) is 0 Å². The van der Waals surface area contributed by atoms with Crippen molar-refractivity contribution < 1.29 is 0 Å². The van der Waals surface area contributed by atoms with E-state index in [2.05, 4.69) is 46.0 Å². The van der Waals surface area contributed by atoms with Crippen LogP contribution in [0.3, 0.4) is 0 Å². The molecule has 4 aliphatic rings. The van der Waals surface area contributed by atoms with Gasteiger partial charge in [0.2, 0.25) is 0 Å². The molecule has 1 saturated carbocycles. The summed E-state index contributed by atoms with van der Waals surface area (Å²) in [5, 5.41) is 7.13. The van der Waals surface area contributed by atoms with Crippen LogP contribution in [0.5, 0.6) is 0 Å². The summed E-state index contributed by atoms with van der Waals surface area (Å²) in [4.78, 5) is 7.26. The summed E-state index contributed by atoms with van der Waals surface area (Å²) >= 11 is 0. The molecular weight excluding hydrogens is 236 g/mol. The van der Waals surface area contributed by atoms with Gasteiger partial charge in [0.05, 0.1) is 11.8 Å². The van der Waals surface area contributed by atoms with Gasteiger partial charge in [0.1, 0.15) is 5.82 Å². The van der Waals surface area contributed by atoms with Crippen LogP contribution < -0.4 is 10.6 Å². The molecule has 2 aliphatic heterocycles. The molecule has 1 saturated heterocycles. The molecular formula is C15H20N4. The highest BCUT2D eigenvalue weighted by Crippen LogP contribution is 2.35. The van der Waals surface area contributed by atoms with Crippen LogP contribution in [-0.2, 0) is 0 Å². The number of piperazine rings is 1. The zero-order valence-corrected chi connectivity index (χ0v) is 11.1. The summed E-state index contributed by atoms with van der Waals surface area (Å²) < 4.78 is 0. The van der Waals surface area contributed by atoms with Crippen molar-refractivity contribution in [2.24, 2.45) is 4.99 Å². The molecule has 0 bridgehead atoms. The minimum Gasteiger partial charge on any atom is -0.376 e. The van der Waals surface area contributed by atoms with E-state index in [0.717, 1.165) is 31.2 Å². The average Bonchev–Trinajstić information content (AvgIpc) is 2.45. The van der Waals surface area contributed by atoms with Crippen LogP contribution in [0.2, 0.25) is 0 Å². The third-order valence-electron chi connectivity index (χ3n) is 4.65. The van der Waals surface area contributed by atoms with Gasteiger partial charge in [-0.05, 0) is 25.3 Å². The molecule has 1 atom stereocenters. The number of fused-ring (bicyclic) bond motifs is 1. The normalized spacial score (nSPS) is 31.2. The Hall–Kier alpha value is -1.55. The van der Waals surface area contributed by atoms with Crippen LogP contribution in [-0.4, -0.2) is 41.8 Å². The highest BCUT2D eigenvalue weighted by Gasteiger charge is 2.41. The van der Waals surface area contributed by atoms with Gasteiger partial charge in [0.25, 0.3) is 0 Å². The predicted octanol–water partition coefficient (Wildman–Crippen LogP) is 1.15. The van der Waals surface area contributed by atoms with Gasteiger partial charge in [0, 0.05) is 31.4 Å². The third kappa shape index (κ3) is 1.91. The second-order valence-corrected chi connectivity index (χ2v) is 5.91. The highest BCUT2D eigenvalue weighted by molar-refractivity contribution is 6.03. The number of hydrogen-bond acceptors (Lipinski definition) is 4. The lowest BCUT2D eigenvalue weighted by molar-refractivity contribution is 0.0897. The second-order valence-electron chi connectivity index (χ2n) is 5.91. The maximum Gasteiger partial charge on any atom is 0.144 e. The summed E-state index contributed by atoms with van der Waals surface area (Å²) in [5.41, 5.74) is 1.50. The van der Waals surface area contributed by atoms with E-state index in [4.69, 9.17) is 4.99 Å². The van der Waals surface area contributed by atoms with E-state index >= 15 is 0 Å². The van der Waals surface area contributed by atoms with Gasteiger partial charge in [-0.2, -0.15) is 0 Å². The van der Waals surface area contributed by atoms with Crippen molar-refractivity contribution in [3.05, 3.63) is 36.3 Å². The maximum atomic E-state index is 4.83. The number of nitrogens with one attached hydrogen (secondary N) is 2. The Bertz CT molecular complexity index is 496. The average molecular weight is 256 g/mol. The Morgan fingerprint density at radius 2 is 2.26 bits per heavy atom. The molecule has 2 aliphatic carbocycles. The zero-order valence-electron chi connectivity index (χ0n) is 11.1. The van der Waals surface area contributed by atoms with E-state index in [0.29, 0.717) is 5.54 Å². The van der Waals surface area contributed by atoms with Crippen LogP contribution in [0.15, 0.2) is 41.3 Å². The molecule has 2 fully saturated rings. The maximum absolute atomic E-state index is 4.83. The van der Waals surface area contributed by atoms with Crippen molar-refractivity contribution in [1.82, 2.24) is 15.5 Å². The molecule has 4 heteroatoms. The van der Waals surface area contributed by atoms with E-state index in [1.807, 2.05) is 0 Å². The van der Waals surface area contributed by atoms with Crippen LogP contribution in [0.1, 0.15) is 19.3 Å². The molecule has 0 radical (unpaired) electrons. The van der Waals surface area contributed by atoms with Crippen molar-refractivity contribution in [2.45, 2.75) is 30.8 Å². The van der Waals surface area contributed by atoms with E-state index in [1.54, 1.807) is 0 Å². The van der Waals surface area contributed by atoms with E-state index in [-0.39, 0.29) is 6.04 Å². The van der Waals surface area contributed by atoms with Gasteiger partial charge in [-0.15, -0.1) is 0 Å². The first-order chi connectivity index (χ1) is 9.35. The number of rotatable bonds is 1. The number of allylic oxidation sites excluding steroid dienone is 2. The molecule has 0 amide bonds. The molecule has 1 spiro atoms. The van der Waals surface area contributed by atoms with Crippen LogP contribution in [0.4, 0.5) is 0 Å². The number of hydrogen-bond donors (Lipinski definition) is 2. The van der Waals surface area contributed by atoms with E-state index < -0.39 is 0 Å². The molecule has 2 heterocycles. The Balaban J connectivity index is 1.53. The number of aliphatic imine (C=N–C) groups is 1. The van der Waals surface area contributed by atoms with Crippen molar-refractivity contribution in [3.8, 4) is 0 Å². The fraction of sp³-hybridized carbons (Fsp3) is 0.533.